The summed E-state index contributed by atoms with van der Waals surface area (Å²) in [6.45, 7) is 0. The third kappa shape index (κ3) is 10.2. The van der Waals surface area contributed by atoms with Gasteiger partial charge in [-0.2, -0.15) is 0 Å². The van der Waals surface area contributed by atoms with Crippen molar-refractivity contribution in [2.75, 3.05) is 169 Å². The normalized spacial score (nSPS) is 14.1. The maximum atomic E-state index is 6.75. The van der Waals surface area contributed by atoms with E-state index in [1.807, 2.05) is 0 Å². The topological polar surface area (TPSA) is 147 Å². The lowest BCUT2D eigenvalue weighted by molar-refractivity contribution is 0.470. The van der Waals surface area contributed by atoms with Gasteiger partial charge in [0.25, 0.3) is 0 Å². The Bertz CT molecular complexity index is 966. The van der Waals surface area contributed by atoms with Crippen LogP contribution in [0.2, 0.25) is 0 Å². The predicted octanol–water partition coefficient (Wildman–Crippen LogP) is 6.05. The van der Waals surface area contributed by atoms with Crippen LogP contribution >= 0.6 is 37.9 Å². The molecule has 0 N–H and O–H groups in total. The molecule has 24 heteroatoms. The Morgan fingerprint density at radius 1 is 0.292 bits per heavy atom. The minimum atomic E-state index is -3.43. The van der Waals surface area contributed by atoms with Crippen LogP contribution in [0, 0.1) is 0 Å². The quantitative estimate of drug-likeness (QED) is 0.0777. The molecule has 0 aromatic carbocycles. The smallest absolute Gasteiger partial charge is 0.373 e. The molecule has 48 heavy (non-hydrogen) atoms. The first-order chi connectivity index (χ1) is 21.6. The molecular formula is C24H72N19P5. The van der Waals surface area contributed by atoms with Crippen molar-refractivity contribution in [2.45, 2.75) is 0 Å². The van der Waals surface area contributed by atoms with Crippen molar-refractivity contribution >= 4 is 37.9 Å². The lowest BCUT2D eigenvalue weighted by Crippen LogP contribution is -2.33. The van der Waals surface area contributed by atoms with Gasteiger partial charge in [0.1, 0.15) is 0 Å². The van der Waals surface area contributed by atoms with E-state index >= 15 is 0 Å². The molecule has 288 valence electrons. The van der Waals surface area contributed by atoms with Crippen molar-refractivity contribution in [1.82, 2.24) is 56.0 Å². The third-order valence-electron chi connectivity index (χ3n) is 7.40. The van der Waals surface area contributed by atoms with E-state index in [4.69, 9.17) is 29.1 Å². The number of rotatable bonds is 16. The molecule has 0 aliphatic carbocycles. The van der Waals surface area contributed by atoms with E-state index in [1.165, 1.54) is 4.91 Å². The number of hydrogen-bond donors (Lipinski definition) is 0. The maximum Gasteiger partial charge on any atom is 0.502 e. The van der Waals surface area contributed by atoms with E-state index in [0.29, 0.717) is 0 Å². The van der Waals surface area contributed by atoms with Gasteiger partial charge >= 0.3 is 7.87 Å². The fraction of sp³-hybridized carbons (Fsp3) is 1.00. The molecule has 0 aliphatic rings. The fourth-order valence-electron chi connectivity index (χ4n) is 6.00. The molecule has 0 atom stereocenters. The molecule has 0 fully saturated rings. The summed E-state index contributed by atoms with van der Waals surface area (Å²) < 4.78 is 51.2. The zero-order valence-electron chi connectivity index (χ0n) is 34.7. The van der Waals surface area contributed by atoms with Crippen molar-refractivity contribution in [3.8, 4) is 0 Å². The van der Waals surface area contributed by atoms with Gasteiger partial charge in [-0.15, -0.1) is 0 Å². The zero-order chi connectivity index (χ0) is 39.0. The van der Waals surface area contributed by atoms with Crippen LogP contribution in [-0.4, -0.2) is 225 Å². The van der Waals surface area contributed by atoms with Crippen LogP contribution in [0.5, 0.6) is 0 Å². The van der Waals surface area contributed by atoms with Crippen molar-refractivity contribution in [3.63, 3.8) is 0 Å². The second kappa shape index (κ2) is 19.9. The SMILES string of the molecule is CN(C)P(=N[P+](N=P(N(C)C)(N(C)C)N(C)C)(N=P(N(C)C)(N(C)C)N(C)C)N=P(N(C)C)(N(C)C)N(C)C)(N(C)C)N(C)C.[N-]=[N+]=[N-]. The van der Waals surface area contributed by atoms with Crippen LogP contribution in [0.25, 0.3) is 16.0 Å². The highest BCUT2D eigenvalue weighted by molar-refractivity contribution is 7.87. The van der Waals surface area contributed by atoms with Crippen LogP contribution in [-0.2, 0) is 0 Å². The van der Waals surface area contributed by atoms with Gasteiger partial charge in [-0.3, -0.25) is 4.91 Å². The molecule has 0 bridgehead atoms. The van der Waals surface area contributed by atoms with E-state index < -0.39 is 37.9 Å². The van der Waals surface area contributed by atoms with Crippen LogP contribution in [0.3, 0.4) is 0 Å². The van der Waals surface area contributed by atoms with Crippen molar-refractivity contribution in [1.29, 1.82) is 0 Å². The summed E-state index contributed by atoms with van der Waals surface area (Å²) in [5.74, 6) is 0. The van der Waals surface area contributed by atoms with Gasteiger partial charge in [0, 0.05) is 0 Å². The summed E-state index contributed by atoms with van der Waals surface area (Å²) in [6, 6.07) is 0. The van der Waals surface area contributed by atoms with Gasteiger partial charge < -0.3 is 11.1 Å². The monoisotopic (exact) mass is 781 g/mol. The minimum Gasteiger partial charge on any atom is -0.373 e. The summed E-state index contributed by atoms with van der Waals surface area (Å²) in [6.07, 6.45) is 0. The van der Waals surface area contributed by atoms with Gasteiger partial charge in [-0.1, -0.05) is 0 Å². The Hall–Kier alpha value is 0.180. The second-order valence-electron chi connectivity index (χ2n) is 13.3. The first kappa shape index (κ1) is 50.3. The van der Waals surface area contributed by atoms with E-state index in [-0.39, 0.29) is 0 Å². The summed E-state index contributed by atoms with van der Waals surface area (Å²) in [5, 5.41) is 0. The molecule has 0 aliphatic heterocycles. The zero-order valence-corrected chi connectivity index (χ0v) is 39.2. The van der Waals surface area contributed by atoms with Crippen molar-refractivity contribution < 1.29 is 0 Å². The second-order valence-corrected chi connectivity index (χ2v) is 31.1. The maximum absolute atomic E-state index is 6.75. The summed E-state index contributed by atoms with van der Waals surface area (Å²) >= 11 is 0. The summed E-state index contributed by atoms with van der Waals surface area (Å²) in [7, 11) is 36.8. The molecule has 0 amide bonds. The molecule has 0 aromatic heterocycles. The highest BCUT2D eigenvalue weighted by Gasteiger charge is 2.56. The van der Waals surface area contributed by atoms with E-state index in [9.17, 15) is 0 Å². The molecule has 0 spiro atoms. The Morgan fingerprint density at radius 3 is 0.438 bits per heavy atom. The molecule has 0 aromatic rings. The van der Waals surface area contributed by atoms with Crippen LogP contribution in [0.4, 0.5) is 0 Å². The number of hydrogen-bond acceptors (Lipinski definition) is 4. The average Bonchev–Trinajstić information content (AvgIpc) is 2.90. The van der Waals surface area contributed by atoms with Gasteiger partial charge in [-0.05, 0) is 187 Å². The van der Waals surface area contributed by atoms with Gasteiger partial charge in [-0.25, -0.2) is 56.0 Å². The first-order valence-electron chi connectivity index (χ1n) is 15.1. The lowest BCUT2D eigenvalue weighted by atomic mass is 11.2. The van der Waals surface area contributed by atoms with Crippen molar-refractivity contribution in [2.24, 2.45) is 18.1 Å². The Labute approximate surface area is 296 Å². The Balaban J connectivity index is 0. The summed E-state index contributed by atoms with van der Waals surface area (Å²) in [5.41, 5.74) is 13.5. The van der Waals surface area contributed by atoms with Crippen LogP contribution in [0.15, 0.2) is 18.1 Å². The number of nitrogens with zero attached hydrogens (tertiary/aromatic N) is 19. The van der Waals surface area contributed by atoms with E-state index in [2.05, 4.69) is 225 Å². The third-order valence-corrected chi connectivity index (χ3v) is 28.0. The van der Waals surface area contributed by atoms with Crippen molar-refractivity contribution in [3.05, 3.63) is 16.0 Å². The van der Waals surface area contributed by atoms with Gasteiger partial charge in [0.05, 0.1) is 0 Å². The molecule has 0 heterocycles. The van der Waals surface area contributed by atoms with Gasteiger partial charge in [0.15, 0.2) is 0 Å². The van der Waals surface area contributed by atoms with Crippen LogP contribution in [0.1, 0.15) is 0 Å². The molecule has 0 saturated heterocycles. The van der Waals surface area contributed by atoms with E-state index in [0.717, 1.165) is 0 Å². The molecular weight excluding hydrogens is 709 g/mol. The largest absolute Gasteiger partial charge is 0.502 e. The highest BCUT2D eigenvalue weighted by Crippen LogP contribution is 2.86. The van der Waals surface area contributed by atoms with Crippen LogP contribution < -0.4 is 0 Å². The molecule has 19 nitrogen and oxygen atoms in total. The average molecular weight is 782 g/mol. The van der Waals surface area contributed by atoms with Gasteiger partial charge in [0.2, 0.25) is 30.0 Å². The Morgan fingerprint density at radius 2 is 0.375 bits per heavy atom. The molecule has 0 saturated carbocycles. The minimum absolute atomic E-state index is 1.50. The molecule has 0 rings (SSSR count). The highest BCUT2D eigenvalue weighted by atomic mass is 31.3. The standard InChI is InChI=1S/C24H72N16P5.N3/c1-29(2)42(30(3)4,31(5)6)25-41(26-43(32(7)8,33(9)10)34(11)12,27-44(35(13)14,36(15)16)37(17)18)28-45(38(19)20,39(21)22)40(23)24;1-3-2/h1-24H3;/q+1;-1. The van der Waals surface area contributed by atoms with E-state index in [1.54, 1.807) is 0 Å². The first-order valence-corrected chi connectivity index (χ1v) is 23.1. The fourth-order valence-corrected chi connectivity index (χ4v) is 30.2. The Kier molecular flexibility index (Phi) is 20.8. The lowest BCUT2D eigenvalue weighted by Gasteiger charge is -2.44. The molecule has 0 radical (unpaired) electrons. The predicted molar refractivity (Wildman–Crippen MR) is 219 cm³/mol. The summed E-state index contributed by atoms with van der Waals surface area (Å²) in [4.78, 5) is 1.50. The molecule has 0 unspecified atom stereocenters.